The molecule has 35 heavy (non-hydrogen) atoms. The average Bonchev–Trinajstić information content (AvgIpc) is 2.75. The molecule has 9 atom stereocenters. The van der Waals surface area contributed by atoms with Crippen LogP contribution in [0.25, 0.3) is 0 Å². The van der Waals surface area contributed by atoms with Crippen LogP contribution in [0.2, 0.25) is 0 Å². The molecule has 3 saturated carbocycles. The molecule has 3 fully saturated rings. The number of carboxylic acid groups (broad SMARTS) is 1. The van der Waals surface area contributed by atoms with Gasteiger partial charge in [0.2, 0.25) is 0 Å². The molecule has 0 amide bonds. The van der Waals surface area contributed by atoms with Crippen LogP contribution in [0.1, 0.15) is 93.4 Å². The zero-order valence-corrected chi connectivity index (χ0v) is 22.7. The van der Waals surface area contributed by atoms with Gasteiger partial charge in [-0.15, -0.1) is 0 Å². The second-order valence-electron chi connectivity index (χ2n) is 14.8. The van der Waals surface area contributed by atoms with E-state index < -0.39 is 29.0 Å². The Morgan fingerprint density at radius 2 is 1.54 bits per heavy atom. The lowest BCUT2D eigenvalue weighted by molar-refractivity contribution is -0.192. The van der Waals surface area contributed by atoms with Crippen molar-refractivity contribution in [1.82, 2.24) is 0 Å². The summed E-state index contributed by atoms with van der Waals surface area (Å²) in [6, 6.07) is 0. The van der Waals surface area contributed by atoms with Crippen molar-refractivity contribution in [3.63, 3.8) is 0 Å². The standard InChI is InChI=1S/C30H46O5/c1-25(2)16-18-17-8-9-20-27(5)12-11-21(31)26(3,4)19(27)10-13-29(20,7)28(17,6)14-15-30(18,24(34)35)23(33)22(25)32/h8-9,19-23,31-33H,10-16H2,1-7H3,(H,34,35)/t19-,20+,21+,22-,23-,27-,28+,29+,30-/m0/s1. The second-order valence-corrected chi connectivity index (χ2v) is 14.8. The van der Waals surface area contributed by atoms with Gasteiger partial charge in [-0.25, -0.2) is 0 Å². The number of aliphatic carboxylic acids is 1. The monoisotopic (exact) mass is 486 g/mol. The smallest absolute Gasteiger partial charge is 0.316 e. The normalized spacial score (nSPS) is 52.1. The zero-order valence-electron chi connectivity index (χ0n) is 22.7. The summed E-state index contributed by atoms with van der Waals surface area (Å²) >= 11 is 0. The number of hydrogen-bond donors (Lipinski definition) is 4. The Morgan fingerprint density at radius 3 is 2.17 bits per heavy atom. The second kappa shape index (κ2) is 7.23. The van der Waals surface area contributed by atoms with Crippen molar-refractivity contribution >= 4 is 5.97 Å². The van der Waals surface area contributed by atoms with Crippen molar-refractivity contribution in [2.75, 3.05) is 0 Å². The Morgan fingerprint density at radius 1 is 0.886 bits per heavy atom. The van der Waals surface area contributed by atoms with Gasteiger partial charge in [-0.1, -0.05) is 60.6 Å². The number of allylic oxidation sites excluding steroid dienone is 3. The Labute approximate surface area is 210 Å². The van der Waals surface area contributed by atoms with Gasteiger partial charge >= 0.3 is 5.97 Å². The predicted octanol–water partition coefficient (Wildman–Crippen LogP) is 5.10. The highest BCUT2D eigenvalue weighted by molar-refractivity contribution is 5.81. The molecule has 0 aromatic rings. The van der Waals surface area contributed by atoms with Crippen LogP contribution in [0.15, 0.2) is 23.3 Å². The van der Waals surface area contributed by atoms with Gasteiger partial charge in [0.05, 0.1) is 12.2 Å². The molecule has 0 aliphatic heterocycles. The van der Waals surface area contributed by atoms with Gasteiger partial charge in [0, 0.05) is 0 Å². The van der Waals surface area contributed by atoms with E-state index in [2.05, 4.69) is 46.8 Å². The van der Waals surface area contributed by atoms with Gasteiger partial charge < -0.3 is 20.4 Å². The van der Waals surface area contributed by atoms with Crippen LogP contribution >= 0.6 is 0 Å². The van der Waals surface area contributed by atoms with E-state index in [0.717, 1.165) is 36.8 Å². The van der Waals surface area contributed by atoms with Crippen molar-refractivity contribution in [3.05, 3.63) is 23.3 Å². The molecule has 5 heteroatoms. The van der Waals surface area contributed by atoms with Crippen LogP contribution in [0.4, 0.5) is 0 Å². The van der Waals surface area contributed by atoms with Crippen LogP contribution in [-0.2, 0) is 4.79 Å². The zero-order chi connectivity index (χ0) is 26.0. The first-order chi connectivity index (χ1) is 16.0. The first-order valence-electron chi connectivity index (χ1n) is 13.7. The van der Waals surface area contributed by atoms with E-state index in [-0.39, 0.29) is 27.8 Å². The third-order valence-corrected chi connectivity index (χ3v) is 12.7. The van der Waals surface area contributed by atoms with E-state index in [1.54, 1.807) is 0 Å². The fraction of sp³-hybridized carbons (Fsp3) is 0.833. The molecule has 0 aromatic heterocycles. The molecule has 0 heterocycles. The summed E-state index contributed by atoms with van der Waals surface area (Å²) in [5.74, 6) is -0.227. The van der Waals surface area contributed by atoms with Crippen molar-refractivity contribution in [1.29, 1.82) is 0 Å². The molecule has 5 rings (SSSR count). The largest absolute Gasteiger partial charge is 0.481 e. The number of rotatable bonds is 1. The fourth-order valence-corrected chi connectivity index (χ4v) is 10.1. The lowest BCUT2D eigenvalue weighted by Gasteiger charge is -2.69. The highest BCUT2D eigenvalue weighted by atomic mass is 16.4. The summed E-state index contributed by atoms with van der Waals surface area (Å²) in [5.41, 5.74) is -0.372. The molecule has 0 bridgehead atoms. The van der Waals surface area contributed by atoms with Crippen molar-refractivity contribution in [2.45, 2.75) is 112 Å². The molecule has 196 valence electrons. The summed E-state index contributed by atoms with van der Waals surface area (Å²) in [6.07, 6.45) is 7.38. The fourth-order valence-electron chi connectivity index (χ4n) is 10.1. The molecular weight excluding hydrogens is 440 g/mol. The van der Waals surface area contributed by atoms with Crippen LogP contribution in [0.3, 0.4) is 0 Å². The minimum atomic E-state index is -1.42. The Balaban J connectivity index is 1.70. The van der Waals surface area contributed by atoms with Gasteiger partial charge in [-0.2, -0.15) is 0 Å². The summed E-state index contributed by atoms with van der Waals surface area (Å²) in [5, 5.41) is 43.5. The van der Waals surface area contributed by atoms with E-state index in [9.17, 15) is 25.2 Å². The molecule has 0 spiro atoms. The molecule has 5 aliphatic carbocycles. The molecule has 0 radical (unpaired) electrons. The van der Waals surface area contributed by atoms with Crippen LogP contribution in [0.5, 0.6) is 0 Å². The maximum absolute atomic E-state index is 12.8. The van der Waals surface area contributed by atoms with Gasteiger partial charge in [-0.3, -0.25) is 4.79 Å². The number of fused-ring (bicyclic) bond motifs is 6. The van der Waals surface area contributed by atoms with Crippen LogP contribution in [0, 0.1) is 44.3 Å². The quantitative estimate of drug-likeness (QED) is 0.414. The molecule has 4 N–H and O–H groups in total. The highest BCUT2D eigenvalue weighted by Gasteiger charge is 2.69. The maximum Gasteiger partial charge on any atom is 0.316 e. The first kappa shape index (κ1) is 25.5. The maximum atomic E-state index is 12.8. The number of aliphatic hydroxyl groups is 3. The van der Waals surface area contributed by atoms with Crippen LogP contribution < -0.4 is 0 Å². The Kier molecular flexibility index (Phi) is 5.26. The van der Waals surface area contributed by atoms with Crippen molar-refractivity contribution in [3.8, 4) is 0 Å². The summed E-state index contributed by atoms with van der Waals surface area (Å²) in [7, 11) is 0. The van der Waals surface area contributed by atoms with Gasteiger partial charge in [0.1, 0.15) is 11.5 Å². The number of aliphatic hydroxyl groups excluding tert-OH is 3. The van der Waals surface area contributed by atoms with Crippen LogP contribution in [-0.4, -0.2) is 44.7 Å². The van der Waals surface area contributed by atoms with E-state index in [4.69, 9.17) is 0 Å². The number of carbonyl (C=O) groups is 1. The molecule has 0 saturated heterocycles. The van der Waals surface area contributed by atoms with E-state index in [0.29, 0.717) is 31.1 Å². The molecule has 0 aromatic carbocycles. The predicted molar refractivity (Wildman–Crippen MR) is 135 cm³/mol. The average molecular weight is 487 g/mol. The lowest BCUT2D eigenvalue weighted by atomic mass is 9.35. The minimum Gasteiger partial charge on any atom is -0.481 e. The summed E-state index contributed by atoms with van der Waals surface area (Å²) in [6.45, 7) is 15.6. The Bertz CT molecular complexity index is 1010. The highest BCUT2D eigenvalue weighted by Crippen LogP contribution is 2.74. The van der Waals surface area contributed by atoms with Crippen molar-refractivity contribution < 1.29 is 25.2 Å². The minimum absolute atomic E-state index is 0.0382. The van der Waals surface area contributed by atoms with E-state index in [1.807, 2.05) is 13.8 Å². The molecular formula is C30H46O5. The molecule has 5 nitrogen and oxygen atoms in total. The van der Waals surface area contributed by atoms with Gasteiger partial charge in [-0.05, 0) is 95.0 Å². The van der Waals surface area contributed by atoms with Crippen molar-refractivity contribution in [2.24, 2.45) is 44.3 Å². The summed E-state index contributed by atoms with van der Waals surface area (Å²) in [4.78, 5) is 12.8. The lowest BCUT2D eigenvalue weighted by Crippen LogP contribution is -2.65. The third-order valence-electron chi connectivity index (χ3n) is 12.7. The van der Waals surface area contributed by atoms with Gasteiger partial charge in [0.25, 0.3) is 0 Å². The number of hydrogen-bond acceptors (Lipinski definition) is 4. The van der Waals surface area contributed by atoms with E-state index >= 15 is 0 Å². The molecule has 5 aliphatic rings. The summed E-state index contributed by atoms with van der Waals surface area (Å²) < 4.78 is 0. The van der Waals surface area contributed by atoms with E-state index in [1.165, 1.54) is 0 Å². The number of carboxylic acids is 1. The van der Waals surface area contributed by atoms with Gasteiger partial charge in [0.15, 0.2) is 0 Å². The Hall–Kier alpha value is -1.17. The molecule has 0 unspecified atom stereocenters. The first-order valence-corrected chi connectivity index (χ1v) is 13.7. The third kappa shape index (κ3) is 2.84. The topological polar surface area (TPSA) is 98.0 Å². The SMILES string of the molecule is CC1(C)CC2=C3C=C[C@@H]4[C@@]5(C)CC[C@@H](O)C(C)(C)[C@@H]5CC[C@@]4(C)[C@]3(C)CC[C@@]2(C(=O)O)[C@@H](O)[C@@H]1O.